The van der Waals surface area contributed by atoms with Gasteiger partial charge in [-0.05, 0) is 44.5 Å². The van der Waals surface area contributed by atoms with Gasteiger partial charge in [-0.2, -0.15) is 5.10 Å². The molecule has 0 aliphatic rings. The van der Waals surface area contributed by atoms with Gasteiger partial charge in [0.25, 0.3) is 11.8 Å². The SMILES string of the molecule is CCC(C)NC(=O)c1ccccc1NC(=O)c1nn(-c2ccccc2Cl)c(C)cc1=O. The summed E-state index contributed by atoms with van der Waals surface area (Å²) in [5.74, 6) is -1.02. The third-order valence-electron chi connectivity index (χ3n) is 4.81. The molecule has 3 rings (SSSR count). The molecule has 0 saturated carbocycles. The van der Waals surface area contributed by atoms with Crippen LogP contribution in [0.1, 0.15) is 46.8 Å². The van der Waals surface area contributed by atoms with Crippen molar-refractivity contribution in [1.82, 2.24) is 15.1 Å². The predicted molar refractivity (Wildman–Crippen MR) is 121 cm³/mol. The maximum absolute atomic E-state index is 12.9. The van der Waals surface area contributed by atoms with Crippen LogP contribution in [0, 0.1) is 6.92 Å². The Labute approximate surface area is 185 Å². The first-order valence-electron chi connectivity index (χ1n) is 9.89. The maximum Gasteiger partial charge on any atom is 0.280 e. The molecule has 1 unspecified atom stereocenters. The third kappa shape index (κ3) is 5.00. The van der Waals surface area contributed by atoms with Crippen molar-refractivity contribution in [2.24, 2.45) is 0 Å². The Hall–Kier alpha value is -3.45. The van der Waals surface area contributed by atoms with Gasteiger partial charge < -0.3 is 10.6 Å². The Bertz CT molecular complexity index is 1190. The smallest absolute Gasteiger partial charge is 0.280 e. The Morgan fingerprint density at radius 1 is 1.10 bits per heavy atom. The van der Waals surface area contributed by atoms with Crippen molar-refractivity contribution >= 4 is 29.1 Å². The number of para-hydroxylation sites is 2. The molecule has 7 nitrogen and oxygen atoms in total. The molecule has 3 aromatic rings. The van der Waals surface area contributed by atoms with Crippen molar-refractivity contribution in [2.45, 2.75) is 33.2 Å². The van der Waals surface area contributed by atoms with Crippen LogP contribution in [0.5, 0.6) is 0 Å². The van der Waals surface area contributed by atoms with Gasteiger partial charge in [0.2, 0.25) is 5.43 Å². The van der Waals surface area contributed by atoms with Gasteiger partial charge in [0, 0.05) is 17.8 Å². The molecule has 1 atom stereocenters. The highest BCUT2D eigenvalue weighted by Gasteiger charge is 2.19. The number of halogens is 1. The van der Waals surface area contributed by atoms with E-state index in [0.29, 0.717) is 27.7 Å². The minimum Gasteiger partial charge on any atom is -0.350 e. The standard InChI is InChI=1S/C23H23ClN4O3/c1-4-14(2)25-22(30)16-9-5-7-11-18(16)26-23(31)21-20(29)13-15(3)28(27-21)19-12-8-6-10-17(19)24/h5-14H,4H2,1-3H3,(H,25,30)(H,26,31). The summed E-state index contributed by atoms with van der Waals surface area (Å²) in [6.45, 7) is 5.56. The van der Waals surface area contributed by atoms with Gasteiger partial charge in [-0.25, -0.2) is 4.68 Å². The van der Waals surface area contributed by atoms with Crippen LogP contribution < -0.4 is 16.1 Å². The van der Waals surface area contributed by atoms with Gasteiger partial charge in [-0.15, -0.1) is 0 Å². The number of carbonyl (C=O) groups is 2. The fraction of sp³-hybridized carbons (Fsp3) is 0.217. The van der Waals surface area contributed by atoms with Crippen molar-refractivity contribution in [3.63, 3.8) is 0 Å². The highest BCUT2D eigenvalue weighted by molar-refractivity contribution is 6.32. The monoisotopic (exact) mass is 438 g/mol. The average Bonchev–Trinajstić information content (AvgIpc) is 2.74. The minimum absolute atomic E-state index is 0.0159. The first kappa shape index (κ1) is 22.2. The second-order valence-corrected chi connectivity index (χ2v) is 7.55. The number of aryl methyl sites for hydroxylation is 1. The maximum atomic E-state index is 12.9. The molecule has 0 radical (unpaired) electrons. The molecule has 2 amide bonds. The number of hydrogen-bond donors (Lipinski definition) is 2. The fourth-order valence-electron chi connectivity index (χ4n) is 2.95. The predicted octanol–water partition coefficient (Wildman–Crippen LogP) is 3.97. The number of carbonyl (C=O) groups excluding carboxylic acids is 2. The highest BCUT2D eigenvalue weighted by atomic mass is 35.5. The first-order chi connectivity index (χ1) is 14.8. The van der Waals surface area contributed by atoms with Crippen LogP contribution in [-0.2, 0) is 0 Å². The summed E-state index contributed by atoms with van der Waals surface area (Å²) in [6, 6.07) is 14.9. The number of aromatic nitrogens is 2. The highest BCUT2D eigenvalue weighted by Crippen LogP contribution is 2.20. The van der Waals surface area contributed by atoms with Crippen LogP contribution >= 0.6 is 11.6 Å². The number of nitrogens with zero attached hydrogens (tertiary/aromatic N) is 2. The molecule has 0 spiro atoms. The number of amides is 2. The number of nitrogens with one attached hydrogen (secondary N) is 2. The van der Waals surface area contributed by atoms with E-state index >= 15 is 0 Å². The van der Waals surface area contributed by atoms with Crippen LogP contribution in [0.3, 0.4) is 0 Å². The molecular weight excluding hydrogens is 416 g/mol. The quantitative estimate of drug-likeness (QED) is 0.608. The average molecular weight is 439 g/mol. The number of rotatable bonds is 6. The van der Waals surface area contributed by atoms with E-state index in [1.165, 1.54) is 10.7 Å². The molecule has 1 heterocycles. The lowest BCUT2D eigenvalue weighted by Gasteiger charge is -2.15. The summed E-state index contributed by atoms with van der Waals surface area (Å²) < 4.78 is 1.44. The Balaban J connectivity index is 1.95. The van der Waals surface area contributed by atoms with Gasteiger partial charge in [0.15, 0.2) is 5.69 Å². The first-order valence-corrected chi connectivity index (χ1v) is 10.3. The molecule has 0 aliphatic carbocycles. The molecule has 2 aromatic carbocycles. The molecule has 0 bridgehead atoms. The second kappa shape index (κ2) is 9.57. The number of hydrogen-bond acceptors (Lipinski definition) is 4. The van der Waals surface area contributed by atoms with Crippen LogP contribution in [0.4, 0.5) is 5.69 Å². The van der Waals surface area contributed by atoms with Crippen molar-refractivity contribution in [1.29, 1.82) is 0 Å². The molecule has 31 heavy (non-hydrogen) atoms. The molecule has 0 aliphatic heterocycles. The zero-order chi connectivity index (χ0) is 22.5. The summed E-state index contributed by atoms with van der Waals surface area (Å²) in [7, 11) is 0. The summed E-state index contributed by atoms with van der Waals surface area (Å²) in [4.78, 5) is 38.0. The summed E-state index contributed by atoms with van der Waals surface area (Å²) in [5.41, 5.74) is 0.837. The van der Waals surface area contributed by atoms with Crippen molar-refractivity contribution < 1.29 is 9.59 Å². The van der Waals surface area contributed by atoms with E-state index in [-0.39, 0.29) is 17.6 Å². The molecule has 0 saturated heterocycles. The molecule has 160 valence electrons. The lowest BCUT2D eigenvalue weighted by molar-refractivity contribution is 0.0940. The summed E-state index contributed by atoms with van der Waals surface area (Å²) >= 11 is 6.26. The van der Waals surface area contributed by atoms with E-state index in [1.54, 1.807) is 55.5 Å². The normalized spacial score (nSPS) is 11.6. The Morgan fingerprint density at radius 2 is 1.77 bits per heavy atom. The fourth-order valence-corrected chi connectivity index (χ4v) is 3.16. The Morgan fingerprint density at radius 3 is 2.48 bits per heavy atom. The third-order valence-corrected chi connectivity index (χ3v) is 5.13. The van der Waals surface area contributed by atoms with Gasteiger partial charge in [-0.1, -0.05) is 42.8 Å². The second-order valence-electron chi connectivity index (χ2n) is 7.14. The van der Waals surface area contributed by atoms with E-state index in [4.69, 9.17) is 11.6 Å². The zero-order valence-corrected chi connectivity index (χ0v) is 18.2. The van der Waals surface area contributed by atoms with Crippen LogP contribution in [0.25, 0.3) is 5.69 Å². The lowest BCUT2D eigenvalue weighted by Crippen LogP contribution is -2.33. The van der Waals surface area contributed by atoms with Gasteiger partial charge in [-0.3, -0.25) is 14.4 Å². The Kier molecular flexibility index (Phi) is 6.87. The van der Waals surface area contributed by atoms with Crippen LogP contribution in [-0.4, -0.2) is 27.6 Å². The van der Waals surface area contributed by atoms with Crippen molar-refractivity contribution in [3.8, 4) is 5.69 Å². The van der Waals surface area contributed by atoms with Crippen LogP contribution in [0.2, 0.25) is 5.02 Å². The summed E-state index contributed by atoms with van der Waals surface area (Å²) in [6.07, 6.45) is 0.773. The topological polar surface area (TPSA) is 93.1 Å². The molecule has 8 heteroatoms. The van der Waals surface area contributed by atoms with Crippen molar-refractivity contribution in [2.75, 3.05) is 5.32 Å². The van der Waals surface area contributed by atoms with Gasteiger partial charge in [0.05, 0.1) is 22.0 Å². The minimum atomic E-state index is -0.713. The molecule has 2 N–H and O–H groups in total. The number of anilines is 1. The lowest BCUT2D eigenvalue weighted by atomic mass is 10.1. The van der Waals surface area contributed by atoms with E-state index in [2.05, 4.69) is 15.7 Å². The van der Waals surface area contributed by atoms with Gasteiger partial charge >= 0.3 is 0 Å². The molecule has 1 aromatic heterocycles. The molecular formula is C23H23ClN4O3. The van der Waals surface area contributed by atoms with Crippen molar-refractivity contribution in [3.05, 3.63) is 86.8 Å². The summed E-state index contributed by atoms with van der Waals surface area (Å²) in [5, 5.41) is 10.2. The van der Waals surface area contributed by atoms with E-state index in [1.807, 2.05) is 13.8 Å². The van der Waals surface area contributed by atoms with E-state index in [0.717, 1.165) is 6.42 Å². The number of benzene rings is 2. The zero-order valence-electron chi connectivity index (χ0n) is 17.5. The molecule has 0 fully saturated rings. The van der Waals surface area contributed by atoms with E-state index < -0.39 is 11.3 Å². The largest absolute Gasteiger partial charge is 0.350 e. The van der Waals surface area contributed by atoms with Crippen LogP contribution in [0.15, 0.2) is 59.4 Å². The van der Waals surface area contributed by atoms with Gasteiger partial charge in [0.1, 0.15) is 0 Å². The van der Waals surface area contributed by atoms with E-state index in [9.17, 15) is 14.4 Å².